The molecule has 3 N–H and O–H groups in total. The van der Waals surface area contributed by atoms with Gasteiger partial charge in [-0.3, -0.25) is 13.9 Å². The molecule has 2 aliphatic rings. The molecule has 1 aromatic carbocycles. The highest BCUT2D eigenvalue weighted by Gasteiger charge is 2.36. The van der Waals surface area contributed by atoms with Gasteiger partial charge < -0.3 is 24.5 Å². The summed E-state index contributed by atoms with van der Waals surface area (Å²) < 4.78 is 52.4. The topological polar surface area (TPSA) is 153 Å². The van der Waals surface area contributed by atoms with Gasteiger partial charge in [-0.15, -0.1) is 0 Å². The number of para-hydroxylation sites is 1. The number of hydrogen-bond acceptors (Lipinski definition) is 10. The van der Waals surface area contributed by atoms with Gasteiger partial charge in [-0.2, -0.15) is 0 Å². The molecule has 0 bridgehead atoms. The van der Waals surface area contributed by atoms with Crippen LogP contribution in [0.25, 0.3) is 11.2 Å². The molecule has 2 aromatic heterocycles. The van der Waals surface area contributed by atoms with E-state index in [1.807, 2.05) is 0 Å². The Hall–Kier alpha value is -3.38. The Morgan fingerprint density at radius 3 is 2.81 bits per heavy atom. The minimum Gasteiger partial charge on any atom is -0.461 e. The van der Waals surface area contributed by atoms with Crippen LogP contribution in [0.5, 0.6) is 5.75 Å². The molecule has 14 heteroatoms. The van der Waals surface area contributed by atoms with Crippen molar-refractivity contribution in [2.24, 2.45) is 0 Å². The molecule has 0 amide bonds. The lowest BCUT2D eigenvalue weighted by molar-refractivity contribution is -0.154. The zero-order valence-corrected chi connectivity index (χ0v) is 20.8. The zero-order valence-electron chi connectivity index (χ0n) is 19.9. The molecule has 0 spiro atoms. The average molecular weight is 532 g/mol. The molecule has 12 nitrogen and oxygen atoms in total. The fourth-order valence-electron chi connectivity index (χ4n) is 3.79. The molecule has 5 rings (SSSR count). The lowest BCUT2D eigenvalue weighted by Crippen LogP contribution is -2.39. The van der Waals surface area contributed by atoms with Crippen molar-refractivity contribution >= 4 is 30.5 Å². The van der Waals surface area contributed by atoms with Crippen LogP contribution in [-0.4, -0.2) is 50.3 Å². The minimum absolute atomic E-state index is 0.126. The summed E-state index contributed by atoms with van der Waals surface area (Å²) in [6.45, 7) is 1.53. The maximum Gasteiger partial charge on any atom is 0.342 e. The summed E-state index contributed by atoms with van der Waals surface area (Å²) in [4.78, 5) is 24.5. The molecule has 0 radical (unpaired) electrons. The van der Waals surface area contributed by atoms with E-state index in [0.29, 0.717) is 11.3 Å². The molecular weight excluding hydrogens is 506 g/mol. The van der Waals surface area contributed by atoms with Gasteiger partial charge in [-0.25, -0.2) is 24.4 Å². The smallest absolute Gasteiger partial charge is 0.342 e. The number of ether oxygens (including phenoxy) is 3. The van der Waals surface area contributed by atoms with Gasteiger partial charge in [0, 0.05) is 6.08 Å². The highest BCUT2D eigenvalue weighted by molar-refractivity contribution is 7.57. The van der Waals surface area contributed by atoms with Crippen LogP contribution < -0.4 is 15.3 Å². The number of aromatic nitrogens is 4. The minimum atomic E-state index is -3.84. The van der Waals surface area contributed by atoms with Gasteiger partial charge in [-0.1, -0.05) is 18.2 Å². The van der Waals surface area contributed by atoms with E-state index in [0.717, 1.165) is 25.3 Å². The second kappa shape index (κ2) is 10.5. The Balaban J connectivity index is 1.27. The number of nitrogens with zero attached hydrogens (tertiary/aromatic N) is 4. The molecule has 0 saturated heterocycles. The second-order valence-electron chi connectivity index (χ2n) is 8.71. The van der Waals surface area contributed by atoms with Crippen LogP contribution in [-0.2, 0) is 23.6 Å². The summed E-state index contributed by atoms with van der Waals surface area (Å²) in [5.41, 5.74) is 6.38. The Bertz CT molecular complexity index is 1350. The number of benzene rings is 1. The van der Waals surface area contributed by atoms with Crippen LogP contribution in [0.1, 0.15) is 32.4 Å². The third kappa shape index (κ3) is 5.64. The van der Waals surface area contributed by atoms with E-state index in [9.17, 15) is 13.8 Å². The third-order valence-electron chi connectivity index (χ3n) is 5.92. The Morgan fingerprint density at radius 2 is 2.08 bits per heavy atom. The lowest BCUT2D eigenvalue weighted by atomic mass is 9.96. The van der Waals surface area contributed by atoms with Crippen LogP contribution >= 0.6 is 7.52 Å². The van der Waals surface area contributed by atoms with E-state index in [1.165, 1.54) is 24.1 Å². The van der Waals surface area contributed by atoms with Crippen molar-refractivity contribution in [2.75, 3.05) is 12.1 Å². The standard InChI is InChI=1S/C23H26FN6O6P/c1-14(23(31)34-15-8-5-9-15)29-37(32,36-16-6-3-2-4-7-16)13-33-18-10-17(24)22(35-18)30-12-28-19-20(25)26-11-27-21(19)30/h2-4,6-7,10-12,14-15,18,22H,5,8-9,13H2,1H3,(H,29,32)(H2,25,26,27)/t14-,18-,22+,37-/m0/s1. The molecule has 0 unspecified atom stereocenters. The van der Waals surface area contributed by atoms with E-state index in [-0.39, 0.29) is 17.6 Å². The highest BCUT2D eigenvalue weighted by Crippen LogP contribution is 2.45. The van der Waals surface area contributed by atoms with Crippen LogP contribution in [0, 0.1) is 0 Å². The fraction of sp³-hybridized carbons (Fsp3) is 0.391. The summed E-state index contributed by atoms with van der Waals surface area (Å²) in [5, 5.41) is 2.72. The summed E-state index contributed by atoms with van der Waals surface area (Å²) in [6.07, 6.45) is 3.22. The summed E-state index contributed by atoms with van der Waals surface area (Å²) in [5.74, 6) is -0.756. The molecule has 1 fully saturated rings. The largest absolute Gasteiger partial charge is 0.461 e. The Labute approximate surface area is 211 Å². The van der Waals surface area contributed by atoms with Gasteiger partial charge in [0.1, 0.15) is 29.7 Å². The first-order valence-corrected chi connectivity index (χ1v) is 13.5. The molecule has 37 heavy (non-hydrogen) atoms. The summed E-state index contributed by atoms with van der Waals surface area (Å²) >= 11 is 0. The molecule has 4 atom stereocenters. The van der Waals surface area contributed by atoms with E-state index >= 15 is 0 Å². The number of carbonyl (C=O) groups excluding carboxylic acids is 1. The molecule has 196 valence electrons. The molecule has 1 aliphatic carbocycles. The number of hydrogen-bond donors (Lipinski definition) is 2. The maximum absolute atomic E-state index is 14.8. The molecule has 1 saturated carbocycles. The normalized spacial score (nSPS) is 22.2. The van der Waals surface area contributed by atoms with E-state index in [1.54, 1.807) is 30.3 Å². The number of rotatable bonds is 10. The van der Waals surface area contributed by atoms with Crippen LogP contribution in [0.4, 0.5) is 10.2 Å². The van der Waals surface area contributed by atoms with E-state index in [4.69, 9.17) is 24.5 Å². The van der Waals surface area contributed by atoms with Gasteiger partial charge in [-0.05, 0) is 38.3 Å². The highest BCUT2D eigenvalue weighted by atomic mass is 31.2. The molecule has 1 aliphatic heterocycles. The van der Waals surface area contributed by atoms with Crippen molar-refractivity contribution in [2.45, 2.75) is 50.8 Å². The van der Waals surface area contributed by atoms with Crippen molar-refractivity contribution in [3.63, 3.8) is 0 Å². The summed E-state index contributed by atoms with van der Waals surface area (Å²) in [6, 6.07) is 7.49. The van der Waals surface area contributed by atoms with Gasteiger partial charge in [0.25, 0.3) is 0 Å². The number of halogens is 1. The van der Waals surface area contributed by atoms with Crippen molar-refractivity contribution in [3.05, 3.63) is 54.9 Å². The number of carbonyl (C=O) groups is 1. The van der Waals surface area contributed by atoms with Gasteiger partial charge in [0.2, 0.25) is 0 Å². The Kier molecular flexibility index (Phi) is 7.20. The molecular formula is C23H26FN6O6P. The van der Waals surface area contributed by atoms with E-state index < -0.39 is 44.2 Å². The summed E-state index contributed by atoms with van der Waals surface area (Å²) in [7, 11) is -3.84. The quantitative estimate of drug-likeness (QED) is 0.292. The van der Waals surface area contributed by atoms with Crippen molar-refractivity contribution in [1.29, 1.82) is 0 Å². The van der Waals surface area contributed by atoms with E-state index in [2.05, 4.69) is 20.0 Å². The van der Waals surface area contributed by atoms with Crippen molar-refractivity contribution < 1.29 is 32.5 Å². The van der Waals surface area contributed by atoms with Crippen LogP contribution in [0.15, 0.2) is 54.9 Å². The number of imidazole rings is 1. The predicted octanol–water partition coefficient (Wildman–Crippen LogP) is 3.44. The first-order chi connectivity index (χ1) is 17.8. The first kappa shape index (κ1) is 25.3. The van der Waals surface area contributed by atoms with Crippen molar-refractivity contribution in [3.8, 4) is 5.75 Å². The van der Waals surface area contributed by atoms with Crippen molar-refractivity contribution in [1.82, 2.24) is 24.6 Å². The zero-order chi connectivity index (χ0) is 26.0. The lowest BCUT2D eigenvalue weighted by Gasteiger charge is -2.28. The average Bonchev–Trinajstić information content (AvgIpc) is 3.44. The SMILES string of the molecule is C[C@H](N[P@](=O)(CO[C@@H]1C=C(F)[C@H](n2cnc3c(N)ncnc32)O1)Oc1ccccc1)C(=O)OC1CCC1. The monoisotopic (exact) mass is 532 g/mol. The number of fused-ring (bicyclic) bond motifs is 1. The van der Waals surface area contributed by atoms with Crippen LogP contribution in [0.2, 0.25) is 0 Å². The number of esters is 1. The van der Waals surface area contributed by atoms with Gasteiger partial charge in [0.05, 0.1) is 6.33 Å². The number of nitrogens with one attached hydrogen (secondary N) is 1. The predicted molar refractivity (Wildman–Crippen MR) is 130 cm³/mol. The first-order valence-electron chi connectivity index (χ1n) is 11.7. The second-order valence-corrected chi connectivity index (χ2v) is 10.8. The Morgan fingerprint density at radius 1 is 1.30 bits per heavy atom. The maximum atomic E-state index is 14.8. The number of anilines is 1. The fourth-order valence-corrected chi connectivity index (χ4v) is 5.47. The van der Waals surface area contributed by atoms with Gasteiger partial charge in [0.15, 0.2) is 36.2 Å². The van der Waals surface area contributed by atoms with Crippen LogP contribution in [0.3, 0.4) is 0 Å². The number of nitrogens with two attached hydrogens (primary N) is 1. The third-order valence-corrected chi connectivity index (χ3v) is 7.69. The number of nitrogen functional groups attached to an aromatic ring is 1. The molecule has 3 aromatic rings. The molecule has 3 heterocycles. The van der Waals surface area contributed by atoms with Gasteiger partial charge >= 0.3 is 13.5 Å².